The molecule has 1 atom stereocenters. The number of carbonyl (C=O) groups excluding carboxylic acids is 2. The Morgan fingerprint density at radius 1 is 1.12 bits per heavy atom. The fourth-order valence-electron chi connectivity index (χ4n) is 2.39. The molecular weight excluding hydrogens is 302 g/mol. The van der Waals surface area contributed by atoms with Gasteiger partial charge in [0.05, 0.1) is 0 Å². The van der Waals surface area contributed by atoms with Crippen molar-refractivity contribution in [2.75, 3.05) is 11.9 Å². The quantitative estimate of drug-likeness (QED) is 0.651. The number of nitrogens with one attached hydrogen (secondary N) is 3. The summed E-state index contributed by atoms with van der Waals surface area (Å²) < 4.78 is 0. The molecule has 3 N–H and O–H groups in total. The first-order valence-corrected chi connectivity index (χ1v) is 8.73. The predicted octanol–water partition coefficient (Wildman–Crippen LogP) is 2.92. The lowest BCUT2D eigenvalue weighted by molar-refractivity contribution is -0.127. The lowest BCUT2D eigenvalue weighted by Crippen LogP contribution is -2.47. The molecule has 0 spiro atoms. The van der Waals surface area contributed by atoms with Crippen LogP contribution in [0.4, 0.5) is 5.69 Å². The van der Waals surface area contributed by atoms with E-state index in [0.29, 0.717) is 6.42 Å². The normalized spacial score (nSPS) is 12.3. The summed E-state index contributed by atoms with van der Waals surface area (Å²) in [6, 6.07) is 7.22. The lowest BCUT2D eigenvalue weighted by Gasteiger charge is -2.22. The fraction of sp³-hybridized carbons (Fsp3) is 0.579. The van der Waals surface area contributed by atoms with Crippen molar-refractivity contribution in [3.05, 3.63) is 29.8 Å². The van der Waals surface area contributed by atoms with Gasteiger partial charge in [-0.3, -0.25) is 9.59 Å². The standard InChI is InChI=1S/C19H31N3O2/c1-6-20-12-15-8-7-9-16(11-15)21-19(24)18(14(4)5)22-17(23)10-13(2)3/h7-9,11,13-14,18,20H,6,10,12H2,1-5H3,(H,21,24)(H,22,23). The summed E-state index contributed by atoms with van der Waals surface area (Å²) in [6.45, 7) is 11.5. The highest BCUT2D eigenvalue weighted by molar-refractivity contribution is 5.97. The van der Waals surface area contributed by atoms with Crippen molar-refractivity contribution in [2.24, 2.45) is 11.8 Å². The maximum atomic E-state index is 12.6. The molecule has 0 aromatic heterocycles. The van der Waals surface area contributed by atoms with Gasteiger partial charge >= 0.3 is 0 Å². The van der Waals surface area contributed by atoms with Gasteiger partial charge in [-0.1, -0.05) is 46.8 Å². The second-order valence-corrected chi connectivity index (χ2v) is 6.86. The van der Waals surface area contributed by atoms with Crippen molar-refractivity contribution in [3.63, 3.8) is 0 Å². The molecule has 24 heavy (non-hydrogen) atoms. The largest absolute Gasteiger partial charge is 0.344 e. The van der Waals surface area contributed by atoms with Crippen LogP contribution in [0.15, 0.2) is 24.3 Å². The van der Waals surface area contributed by atoms with E-state index in [1.807, 2.05) is 52.0 Å². The van der Waals surface area contributed by atoms with E-state index >= 15 is 0 Å². The van der Waals surface area contributed by atoms with Crippen LogP contribution in [-0.2, 0) is 16.1 Å². The molecule has 0 aliphatic heterocycles. The van der Waals surface area contributed by atoms with Crippen molar-refractivity contribution >= 4 is 17.5 Å². The number of anilines is 1. The molecule has 0 fully saturated rings. The van der Waals surface area contributed by atoms with Gasteiger partial charge in [0.15, 0.2) is 0 Å². The van der Waals surface area contributed by atoms with Gasteiger partial charge in [-0.05, 0) is 36.1 Å². The van der Waals surface area contributed by atoms with Gasteiger partial charge in [0.1, 0.15) is 6.04 Å². The minimum Gasteiger partial charge on any atom is -0.344 e. The van der Waals surface area contributed by atoms with Crippen molar-refractivity contribution < 1.29 is 9.59 Å². The molecular formula is C19H31N3O2. The molecule has 0 heterocycles. The van der Waals surface area contributed by atoms with E-state index in [0.717, 1.165) is 24.3 Å². The van der Waals surface area contributed by atoms with Crippen LogP contribution in [0.2, 0.25) is 0 Å². The van der Waals surface area contributed by atoms with Gasteiger partial charge < -0.3 is 16.0 Å². The van der Waals surface area contributed by atoms with Crippen molar-refractivity contribution in [1.29, 1.82) is 0 Å². The Morgan fingerprint density at radius 2 is 1.83 bits per heavy atom. The summed E-state index contributed by atoms with van der Waals surface area (Å²) in [4.78, 5) is 24.6. The Labute approximate surface area is 145 Å². The number of hydrogen-bond donors (Lipinski definition) is 3. The summed E-state index contributed by atoms with van der Waals surface area (Å²) in [6.07, 6.45) is 0.425. The Kier molecular flexibility index (Phi) is 8.47. The molecule has 1 aromatic rings. The van der Waals surface area contributed by atoms with Crippen molar-refractivity contribution in [2.45, 2.75) is 53.6 Å². The highest BCUT2D eigenvalue weighted by Crippen LogP contribution is 2.13. The topological polar surface area (TPSA) is 70.2 Å². The van der Waals surface area contributed by atoms with Crippen LogP contribution in [-0.4, -0.2) is 24.4 Å². The molecule has 0 radical (unpaired) electrons. The number of rotatable bonds is 9. The second-order valence-electron chi connectivity index (χ2n) is 6.86. The molecule has 5 nitrogen and oxygen atoms in total. The SMILES string of the molecule is CCNCc1cccc(NC(=O)C(NC(=O)CC(C)C)C(C)C)c1. The maximum absolute atomic E-state index is 12.6. The molecule has 1 unspecified atom stereocenters. The van der Waals surface area contributed by atoms with E-state index in [-0.39, 0.29) is 23.7 Å². The maximum Gasteiger partial charge on any atom is 0.247 e. The molecule has 5 heteroatoms. The van der Waals surface area contributed by atoms with E-state index < -0.39 is 6.04 Å². The molecule has 0 saturated carbocycles. The first-order valence-electron chi connectivity index (χ1n) is 8.73. The highest BCUT2D eigenvalue weighted by atomic mass is 16.2. The van der Waals surface area contributed by atoms with Gasteiger partial charge in [-0.25, -0.2) is 0 Å². The molecule has 0 bridgehead atoms. The van der Waals surface area contributed by atoms with Crippen molar-refractivity contribution in [1.82, 2.24) is 10.6 Å². The summed E-state index contributed by atoms with van der Waals surface area (Å²) in [5.41, 5.74) is 1.86. The van der Waals surface area contributed by atoms with Crippen molar-refractivity contribution in [3.8, 4) is 0 Å². The number of carbonyl (C=O) groups is 2. The Bertz CT molecular complexity index is 541. The van der Waals surface area contributed by atoms with Gasteiger partial charge in [0, 0.05) is 18.7 Å². The van der Waals surface area contributed by atoms with Gasteiger partial charge in [0.25, 0.3) is 0 Å². The summed E-state index contributed by atoms with van der Waals surface area (Å²) in [5.74, 6) is 0.0251. The Morgan fingerprint density at radius 3 is 2.42 bits per heavy atom. The van der Waals surface area contributed by atoms with Gasteiger partial charge in [-0.2, -0.15) is 0 Å². The third-order valence-corrected chi connectivity index (χ3v) is 3.63. The number of amides is 2. The summed E-state index contributed by atoms with van der Waals surface area (Å²) >= 11 is 0. The monoisotopic (exact) mass is 333 g/mol. The predicted molar refractivity (Wildman–Crippen MR) is 98.7 cm³/mol. The third-order valence-electron chi connectivity index (χ3n) is 3.63. The Balaban J connectivity index is 2.73. The molecule has 0 aliphatic rings. The zero-order valence-corrected chi connectivity index (χ0v) is 15.5. The van der Waals surface area contributed by atoms with Crippen LogP contribution in [0.3, 0.4) is 0 Å². The smallest absolute Gasteiger partial charge is 0.247 e. The molecule has 1 aromatic carbocycles. The minimum absolute atomic E-state index is 0.0195. The zero-order valence-electron chi connectivity index (χ0n) is 15.5. The molecule has 2 amide bonds. The van der Waals surface area contributed by atoms with Crippen LogP contribution in [0.5, 0.6) is 0 Å². The van der Waals surface area contributed by atoms with Crippen LogP contribution >= 0.6 is 0 Å². The first kappa shape index (κ1) is 20.2. The molecule has 0 aliphatic carbocycles. The average molecular weight is 333 g/mol. The minimum atomic E-state index is -0.534. The third kappa shape index (κ3) is 7.13. The number of benzene rings is 1. The van der Waals surface area contributed by atoms with Crippen LogP contribution in [0.25, 0.3) is 0 Å². The fourth-order valence-corrected chi connectivity index (χ4v) is 2.39. The van der Waals surface area contributed by atoms with E-state index in [9.17, 15) is 9.59 Å². The van der Waals surface area contributed by atoms with E-state index in [4.69, 9.17) is 0 Å². The highest BCUT2D eigenvalue weighted by Gasteiger charge is 2.24. The summed E-state index contributed by atoms with van der Waals surface area (Å²) in [5, 5.41) is 9.03. The van der Waals surface area contributed by atoms with Gasteiger partial charge in [0.2, 0.25) is 11.8 Å². The molecule has 0 saturated heterocycles. The van der Waals surface area contributed by atoms with Crippen LogP contribution < -0.4 is 16.0 Å². The first-order chi connectivity index (χ1) is 11.3. The second kappa shape index (κ2) is 10.1. The van der Waals surface area contributed by atoms with E-state index in [1.54, 1.807) is 0 Å². The number of hydrogen-bond acceptors (Lipinski definition) is 3. The summed E-state index contributed by atoms with van der Waals surface area (Å²) in [7, 11) is 0. The molecule has 1 rings (SSSR count). The molecule has 134 valence electrons. The van der Waals surface area contributed by atoms with Crippen LogP contribution in [0, 0.1) is 11.8 Å². The van der Waals surface area contributed by atoms with E-state index in [1.165, 1.54) is 0 Å². The van der Waals surface area contributed by atoms with E-state index in [2.05, 4.69) is 22.9 Å². The van der Waals surface area contributed by atoms with Crippen LogP contribution in [0.1, 0.15) is 46.6 Å². The van der Waals surface area contributed by atoms with Gasteiger partial charge in [-0.15, -0.1) is 0 Å². The average Bonchev–Trinajstić information content (AvgIpc) is 2.50. The zero-order chi connectivity index (χ0) is 18.1. The lowest BCUT2D eigenvalue weighted by atomic mass is 10.0. The Hall–Kier alpha value is -1.88.